The molecule has 2 aromatic rings. The molecule has 0 aliphatic carbocycles. The zero-order valence-corrected chi connectivity index (χ0v) is 15.4. The molecule has 2 N–H and O–H groups in total. The molecule has 0 bridgehead atoms. The lowest BCUT2D eigenvalue weighted by Gasteiger charge is -2.19. The molecular formula is C19H24N2O3S. The predicted molar refractivity (Wildman–Crippen MR) is 99.9 cm³/mol. The monoisotopic (exact) mass is 360 g/mol. The van der Waals surface area contributed by atoms with Crippen molar-refractivity contribution in [1.29, 1.82) is 0 Å². The van der Waals surface area contributed by atoms with Crippen LogP contribution in [0.25, 0.3) is 0 Å². The second-order valence-corrected chi connectivity index (χ2v) is 7.12. The van der Waals surface area contributed by atoms with E-state index in [1.165, 1.54) is 22.5 Å². The van der Waals surface area contributed by atoms with E-state index in [4.69, 9.17) is 5.11 Å². The second-order valence-electron chi connectivity index (χ2n) is 5.95. The maximum atomic E-state index is 12.0. The lowest BCUT2D eigenvalue weighted by Crippen LogP contribution is -2.25. The molecule has 0 unspecified atom stereocenters. The van der Waals surface area contributed by atoms with E-state index in [1.807, 2.05) is 6.07 Å². The van der Waals surface area contributed by atoms with Crippen LogP contribution >= 0.6 is 11.3 Å². The number of nitrogens with one attached hydrogen (secondary N) is 1. The molecule has 1 heterocycles. The third-order valence-corrected chi connectivity index (χ3v) is 4.93. The van der Waals surface area contributed by atoms with Gasteiger partial charge in [0.05, 0.1) is 11.3 Å². The number of carbonyl (C=O) groups is 2. The molecule has 0 saturated heterocycles. The third-order valence-electron chi connectivity index (χ3n) is 3.86. The van der Waals surface area contributed by atoms with Crippen LogP contribution in [0.1, 0.15) is 39.0 Å². The lowest BCUT2D eigenvalue weighted by atomic mass is 10.1. The van der Waals surface area contributed by atoms with Crippen LogP contribution in [0, 0.1) is 6.92 Å². The molecule has 1 amide bonds. The Morgan fingerprint density at radius 2 is 1.84 bits per heavy atom. The minimum absolute atomic E-state index is 0.0653. The standard InChI is InChI=1S/C19H24N2O3S/c1-3-21(12-15-6-4-14(2)5-7-15)13-16-8-9-17(25-16)19(24)20-11-10-18(22)23/h4-9H,3,10-13H2,1-2H3,(H,20,24)(H,22,23). The molecule has 0 saturated carbocycles. The number of rotatable bonds is 9. The largest absolute Gasteiger partial charge is 0.481 e. The summed E-state index contributed by atoms with van der Waals surface area (Å²) in [5.41, 5.74) is 2.53. The fraction of sp³-hybridized carbons (Fsp3) is 0.368. The summed E-state index contributed by atoms with van der Waals surface area (Å²) >= 11 is 1.46. The Morgan fingerprint density at radius 3 is 2.48 bits per heavy atom. The number of nitrogens with zero attached hydrogens (tertiary/aromatic N) is 1. The van der Waals surface area contributed by atoms with Gasteiger partial charge in [-0.15, -0.1) is 11.3 Å². The van der Waals surface area contributed by atoms with Gasteiger partial charge in [0, 0.05) is 24.5 Å². The molecule has 0 spiro atoms. The number of aliphatic carboxylic acids is 1. The van der Waals surface area contributed by atoms with Gasteiger partial charge in [0.2, 0.25) is 0 Å². The number of benzene rings is 1. The summed E-state index contributed by atoms with van der Waals surface area (Å²) < 4.78 is 0. The molecule has 0 radical (unpaired) electrons. The highest BCUT2D eigenvalue weighted by atomic mass is 32.1. The SMILES string of the molecule is CCN(Cc1ccc(C)cc1)Cc1ccc(C(=O)NCCC(=O)O)s1. The molecule has 0 aliphatic heterocycles. The highest BCUT2D eigenvalue weighted by Gasteiger charge is 2.12. The molecule has 0 fully saturated rings. The zero-order chi connectivity index (χ0) is 18.2. The predicted octanol–water partition coefficient (Wildman–Crippen LogP) is 3.28. The van der Waals surface area contributed by atoms with Crippen LogP contribution in [-0.2, 0) is 17.9 Å². The summed E-state index contributed by atoms with van der Waals surface area (Å²) in [6.07, 6.45) is -0.0653. The van der Waals surface area contributed by atoms with Crippen molar-refractivity contribution in [2.75, 3.05) is 13.1 Å². The van der Waals surface area contributed by atoms with Gasteiger partial charge in [-0.3, -0.25) is 14.5 Å². The summed E-state index contributed by atoms with van der Waals surface area (Å²) in [6.45, 7) is 6.94. The normalized spacial score (nSPS) is 10.8. The Kier molecular flexibility index (Phi) is 7.16. The Morgan fingerprint density at radius 1 is 1.12 bits per heavy atom. The van der Waals surface area contributed by atoms with Gasteiger partial charge in [-0.2, -0.15) is 0 Å². The van der Waals surface area contributed by atoms with Gasteiger partial charge in [0.15, 0.2) is 0 Å². The first-order valence-corrected chi connectivity index (χ1v) is 9.16. The van der Waals surface area contributed by atoms with Gasteiger partial charge in [-0.25, -0.2) is 0 Å². The van der Waals surface area contributed by atoms with Crippen LogP contribution in [0.5, 0.6) is 0 Å². The second kappa shape index (κ2) is 9.34. The van der Waals surface area contributed by atoms with Gasteiger partial charge >= 0.3 is 5.97 Å². The zero-order valence-electron chi connectivity index (χ0n) is 14.6. The molecule has 2 rings (SSSR count). The summed E-state index contributed by atoms with van der Waals surface area (Å²) in [5, 5.41) is 11.2. The maximum absolute atomic E-state index is 12.0. The smallest absolute Gasteiger partial charge is 0.305 e. The van der Waals surface area contributed by atoms with Crippen molar-refractivity contribution in [2.45, 2.75) is 33.4 Å². The van der Waals surface area contributed by atoms with Crippen LogP contribution in [-0.4, -0.2) is 35.0 Å². The summed E-state index contributed by atoms with van der Waals surface area (Å²) in [5.74, 6) is -1.12. The van der Waals surface area contributed by atoms with Gasteiger partial charge in [0.1, 0.15) is 0 Å². The van der Waals surface area contributed by atoms with Crippen LogP contribution < -0.4 is 5.32 Å². The van der Waals surface area contributed by atoms with E-state index in [-0.39, 0.29) is 18.9 Å². The highest BCUT2D eigenvalue weighted by Crippen LogP contribution is 2.19. The number of carbonyl (C=O) groups excluding carboxylic acids is 1. The Bertz CT molecular complexity index is 710. The Balaban J connectivity index is 1.90. The van der Waals surface area contributed by atoms with E-state index in [2.05, 4.69) is 48.3 Å². The van der Waals surface area contributed by atoms with E-state index in [9.17, 15) is 9.59 Å². The molecule has 5 nitrogen and oxygen atoms in total. The molecule has 6 heteroatoms. The molecule has 25 heavy (non-hydrogen) atoms. The first-order valence-electron chi connectivity index (χ1n) is 8.34. The van der Waals surface area contributed by atoms with Gasteiger partial charge in [0.25, 0.3) is 5.91 Å². The first-order chi connectivity index (χ1) is 12.0. The minimum atomic E-state index is -0.915. The average molecular weight is 360 g/mol. The Labute approximate surface area is 152 Å². The number of thiophene rings is 1. The van der Waals surface area contributed by atoms with Gasteiger partial charge in [-0.05, 0) is 31.2 Å². The summed E-state index contributed by atoms with van der Waals surface area (Å²) in [4.78, 5) is 26.6. The quantitative estimate of drug-likeness (QED) is 0.720. The van der Waals surface area contributed by atoms with Gasteiger partial charge in [-0.1, -0.05) is 36.8 Å². The van der Waals surface area contributed by atoms with Crippen molar-refractivity contribution in [3.05, 3.63) is 57.3 Å². The number of amides is 1. The molecule has 1 aromatic heterocycles. The molecule has 134 valence electrons. The molecule has 0 aliphatic rings. The summed E-state index contributed by atoms with van der Waals surface area (Å²) in [7, 11) is 0. The maximum Gasteiger partial charge on any atom is 0.305 e. The van der Waals surface area contributed by atoms with Crippen LogP contribution in [0.4, 0.5) is 0 Å². The number of hydrogen-bond donors (Lipinski definition) is 2. The van der Waals surface area contributed by atoms with Crippen molar-refractivity contribution in [1.82, 2.24) is 10.2 Å². The minimum Gasteiger partial charge on any atom is -0.481 e. The van der Waals surface area contributed by atoms with E-state index in [0.29, 0.717) is 4.88 Å². The number of aryl methyl sites for hydroxylation is 1. The average Bonchev–Trinajstić information content (AvgIpc) is 3.04. The first kappa shape index (κ1) is 19.1. The molecular weight excluding hydrogens is 336 g/mol. The fourth-order valence-corrected chi connectivity index (χ4v) is 3.37. The van der Waals surface area contributed by atoms with Crippen LogP contribution in [0.15, 0.2) is 36.4 Å². The van der Waals surface area contributed by atoms with Crippen molar-refractivity contribution in [3.8, 4) is 0 Å². The van der Waals surface area contributed by atoms with Crippen molar-refractivity contribution >= 4 is 23.2 Å². The van der Waals surface area contributed by atoms with E-state index in [0.717, 1.165) is 24.5 Å². The third kappa shape index (κ3) is 6.32. The highest BCUT2D eigenvalue weighted by molar-refractivity contribution is 7.14. The number of carboxylic acids is 1. The van der Waals surface area contributed by atoms with Crippen molar-refractivity contribution in [3.63, 3.8) is 0 Å². The van der Waals surface area contributed by atoms with E-state index >= 15 is 0 Å². The number of carboxylic acid groups (broad SMARTS) is 1. The van der Waals surface area contributed by atoms with Crippen molar-refractivity contribution in [2.24, 2.45) is 0 Å². The lowest BCUT2D eigenvalue weighted by molar-refractivity contribution is -0.136. The van der Waals surface area contributed by atoms with Crippen molar-refractivity contribution < 1.29 is 14.7 Å². The fourth-order valence-electron chi connectivity index (χ4n) is 2.41. The van der Waals surface area contributed by atoms with Crippen LogP contribution in [0.3, 0.4) is 0 Å². The molecule has 1 aromatic carbocycles. The number of hydrogen-bond acceptors (Lipinski definition) is 4. The topological polar surface area (TPSA) is 69.6 Å². The van der Waals surface area contributed by atoms with Crippen LogP contribution in [0.2, 0.25) is 0 Å². The summed E-state index contributed by atoms with van der Waals surface area (Å²) in [6, 6.07) is 12.3. The molecule has 0 atom stereocenters. The van der Waals surface area contributed by atoms with Gasteiger partial charge < -0.3 is 10.4 Å². The Hall–Kier alpha value is -2.18. The van der Waals surface area contributed by atoms with E-state index < -0.39 is 5.97 Å². The van der Waals surface area contributed by atoms with E-state index in [1.54, 1.807) is 6.07 Å².